The van der Waals surface area contributed by atoms with E-state index in [0.717, 1.165) is 41.1 Å². The zero-order valence-electron chi connectivity index (χ0n) is 17.7. The number of hydrogen-bond donors (Lipinski definition) is 0. The van der Waals surface area contributed by atoms with Crippen LogP contribution < -0.4 is 4.74 Å². The monoisotopic (exact) mass is 418 g/mol. The van der Waals surface area contributed by atoms with Crippen LogP contribution in [0.1, 0.15) is 32.8 Å². The van der Waals surface area contributed by atoms with E-state index in [0.29, 0.717) is 11.6 Å². The van der Waals surface area contributed by atoms with E-state index in [9.17, 15) is 0 Å². The van der Waals surface area contributed by atoms with Crippen molar-refractivity contribution >= 4 is 22.6 Å². The number of halogens is 1. The number of ether oxygens (including phenoxy) is 1. The third-order valence-corrected chi connectivity index (χ3v) is 5.49. The summed E-state index contributed by atoms with van der Waals surface area (Å²) in [7, 11) is 0. The molecule has 4 heteroatoms. The lowest BCUT2D eigenvalue weighted by Gasteiger charge is -2.19. The number of hydrogen-bond acceptors (Lipinski definition) is 2. The predicted molar refractivity (Wildman–Crippen MR) is 125 cm³/mol. The normalized spacial score (nSPS) is 11.7. The second kappa shape index (κ2) is 8.53. The molecule has 0 radical (unpaired) electrons. The van der Waals surface area contributed by atoms with Gasteiger partial charge < -0.3 is 9.30 Å². The first kappa shape index (κ1) is 20.5. The van der Waals surface area contributed by atoms with Gasteiger partial charge in [0.15, 0.2) is 0 Å². The van der Waals surface area contributed by atoms with Gasteiger partial charge in [0.25, 0.3) is 0 Å². The summed E-state index contributed by atoms with van der Waals surface area (Å²) in [6.45, 7) is 8.13. The Bertz CT molecular complexity index is 1140. The van der Waals surface area contributed by atoms with E-state index in [-0.39, 0.29) is 5.41 Å². The highest BCUT2D eigenvalue weighted by Crippen LogP contribution is 2.27. The first-order valence-electron chi connectivity index (χ1n) is 10.4. The van der Waals surface area contributed by atoms with Gasteiger partial charge in [0.1, 0.15) is 11.6 Å². The Hall–Kier alpha value is -2.78. The molecule has 0 N–H and O–H groups in total. The molecule has 0 bridgehead atoms. The number of aromatic nitrogens is 2. The zero-order chi connectivity index (χ0) is 21.1. The van der Waals surface area contributed by atoms with E-state index in [1.54, 1.807) is 0 Å². The Kier molecular flexibility index (Phi) is 5.83. The van der Waals surface area contributed by atoms with Crippen molar-refractivity contribution < 1.29 is 4.74 Å². The predicted octanol–water partition coefficient (Wildman–Crippen LogP) is 7.12. The number of benzene rings is 3. The second-order valence-corrected chi connectivity index (χ2v) is 9.00. The van der Waals surface area contributed by atoms with Crippen LogP contribution in [-0.2, 0) is 12.0 Å². The maximum Gasteiger partial charge on any atom is 0.141 e. The van der Waals surface area contributed by atoms with Crippen LogP contribution in [0.15, 0.2) is 72.8 Å². The van der Waals surface area contributed by atoms with Crippen LogP contribution in [-0.4, -0.2) is 16.2 Å². The van der Waals surface area contributed by atoms with Crippen LogP contribution in [0.2, 0.25) is 5.02 Å². The van der Waals surface area contributed by atoms with Crippen molar-refractivity contribution in [1.29, 1.82) is 0 Å². The van der Waals surface area contributed by atoms with E-state index < -0.39 is 0 Å². The summed E-state index contributed by atoms with van der Waals surface area (Å²) in [6.07, 6.45) is 0.884. The first-order chi connectivity index (χ1) is 14.4. The second-order valence-electron chi connectivity index (χ2n) is 8.56. The summed E-state index contributed by atoms with van der Waals surface area (Å²) in [5, 5.41) is 0.716. The highest BCUT2D eigenvalue weighted by atomic mass is 35.5. The van der Waals surface area contributed by atoms with Crippen molar-refractivity contribution in [3.05, 3.63) is 83.4 Å². The molecule has 0 unspecified atom stereocenters. The van der Waals surface area contributed by atoms with Crippen molar-refractivity contribution in [3.8, 4) is 17.1 Å². The molecule has 154 valence electrons. The molecule has 0 atom stereocenters. The molecule has 0 spiro atoms. The lowest BCUT2D eigenvalue weighted by atomic mass is 9.87. The molecule has 0 fully saturated rings. The van der Waals surface area contributed by atoms with E-state index in [4.69, 9.17) is 21.3 Å². The lowest BCUT2D eigenvalue weighted by molar-refractivity contribution is 0.302. The van der Waals surface area contributed by atoms with Crippen LogP contribution in [0.3, 0.4) is 0 Å². The fourth-order valence-corrected chi connectivity index (χ4v) is 3.80. The average Bonchev–Trinajstić information content (AvgIpc) is 3.10. The Morgan fingerprint density at radius 3 is 2.43 bits per heavy atom. The minimum Gasteiger partial charge on any atom is -0.494 e. The zero-order valence-corrected chi connectivity index (χ0v) is 18.5. The fraction of sp³-hybridized carbons (Fsp3) is 0.269. The molecule has 0 aliphatic rings. The lowest BCUT2D eigenvalue weighted by Crippen LogP contribution is -2.10. The summed E-state index contributed by atoms with van der Waals surface area (Å²) >= 11 is 6.22. The largest absolute Gasteiger partial charge is 0.494 e. The highest BCUT2D eigenvalue weighted by Gasteiger charge is 2.14. The molecule has 1 aromatic heterocycles. The summed E-state index contributed by atoms with van der Waals surface area (Å²) in [5.74, 6) is 1.85. The molecule has 3 aromatic carbocycles. The van der Waals surface area contributed by atoms with E-state index in [1.807, 2.05) is 30.3 Å². The van der Waals surface area contributed by atoms with E-state index in [2.05, 4.69) is 67.8 Å². The molecule has 0 amide bonds. The van der Waals surface area contributed by atoms with Crippen molar-refractivity contribution in [2.45, 2.75) is 39.2 Å². The van der Waals surface area contributed by atoms with Gasteiger partial charge in [-0.3, -0.25) is 0 Å². The number of rotatable bonds is 6. The SMILES string of the molecule is CC(C)(C)c1ccc(OCCCn2c(-c3cccc(Cl)c3)nc3ccccc32)cc1. The summed E-state index contributed by atoms with van der Waals surface area (Å²) in [4.78, 5) is 4.86. The number of nitrogens with zero attached hydrogens (tertiary/aromatic N) is 2. The highest BCUT2D eigenvalue weighted by molar-refractivity contribution is 6.30. The quantitative estimate of drug-likeness (QED) is 0.311. The first-order valence-corrected chi connectivity index (χ1v) is 10.7. The number of para-hydroxylation sites is 2. The van der Waals surface area contributed by atoms with Crippen molar-refractivity contribution in [1.82, 2.24) is 9.55 Å². The van der Waals surface area contributed by atoms with Gasteiger partial charge in [-0.1, -0.05) is 68.8 Å². The molecule has 30 heavy (non-hydrogen) atoms. The third-order valence-electron chi connectivity index (χ3n) is 5.25. The van der Waals surface area contributed by atoms with Crippen LogP contribution in [0.25, 0.3) is 22.4 Å². The smallest absolute Gasteiger partial charge is 0.141 e. The van der Waals surface area contributed by atoms with Crippen molar-refractivity contribution in [3.63, 3.8) is 0 Å². The number of imidazole rings is 1. The summed E-state index contributed by atoms with van der Waals surface area (Å²) < 4.78 is 8.25. The number of fused-ring (bicyclic) bond motifs is 1. The van der Waals surface area contributed by atoms with Gasteiger partial charge in [0.05, 0.1) is 17.6 Å². The Morgan fingerprint density at radius 1 is 0.933 bits per heavy atom. The molecule has 0 saturated heterocycles. The van der Waals surface area contributed by atoms with Gasteiger partial charge in [-0.15, -0.1) is 0 Å². The van der Waals surface area contributed by atoms with Crippen LogP contribution >= 0.6 is 11.6 Å². The Morgan fingerprint density at radius 2 is 1.70 bits per heavy atom. The third kappa shape index (κ3) is 4.52. The van der Waals surface area contributed by atoms with Gasteiger partial charge in [0, 0.05) is 17.1 Å². The van der Waals surface area contributed by atoms with Crippen LogP contribution in [0, 0.1) is 0 Å². The molecule has 0 saturated carbocycles. The topological polar surface area (TPSA) is 27.1 Å². The van der Waals surface area contributed by atoms with Gasteiger partial charge in [0.2, 0.25) is 0 Å². The van der Waals surface area contributed by atoms with Gasteiger partial charge in [-0.2, -0.15) is 0 Å². The van der Waals surface area contributed by atoms with Crippen LogP contribution in [0.5, 0.6) is 5.75 Å². The molecular formula is C26H27ClN2O. The van der Waals surface area contributed by atoms with E-state index >= 15 is 0 Å². The average molecular weight is 419 g/mol. The van der Waals surface area contributed by atoms with Gasteiger partial charge in [-0.25, -0.2) is 4.98 Å². The maximum atomic E-state index is 6.22. The van der Waals surface area contributed by atoms with Crippen molar-refractivity contribution in [2.24, 2.45) is 0 Å². The summed E-state index contributed by atoms with van der Waals surface area (Å²) in [6, 6.07) is 24.5. The Labute approximate surface area is 183 Å². The van der Waals surface area contributed by atoms with Gasteiger partial charge >= 0.3 is 0 Å². The van der Waals surface area contributed by atoms with Crippen molar-refractivity contribution in [2.75, 3.05) is 6.61 Å². The standard InChI is InChI=1S/C26H27ClN2O/c1-26(2,3)20-12-14-22(15-13-20)30-17-7-16-29-24-11-5-4-10-23(24)28-25(29)19-8-6-9-21(27)18-19/h4-6,8-15,18H,7,16-17H2,1-3H3. The maximum absolute atomic E-state index is 6.22. The fourth-order valence-electron chi connectivity index (χ4n) is 3.61. The van der Waals surface area contributed by atoms with Crippen LogP contribution in [0.4, 0.5) is 0 Å². The summed E-state index contributed by atoms with van der Waals surface area (Å²) in [5.41, 5.74) is 4.61. The molecule has 1 heterocycles. The van der Waals surface area contributed by atoms with Gasteiger partial charge in [-0.05, 0) is 53.8 Å². The van der Waals surface area contributed by atoms with E-state index in [1.165, 1.54) is 5.56 Å². The molecule has 4 rings (SSSR count). The molecule has 4 aromatic rings. The minimum atomic E-state index is 0.151. The molecule has 0 aliphatic carbocycles. The minimum absolute atomic E-state index is 0.151. The number of aryl methyl sites for hydroxylation is 1. The molecular weight excluding hydrogens is 392 g/mol. The molecule has 3 nitrogen and oxygen atoms in total. The molecule has 0 aliphatic heterocycles. The Balaban J connectivity index is 1.48.